The summed E-state index contributed by atoms with van der Waals surface area (Å²) in [6, 6.07) is 5.93. The number of sulfonamides is 1. The van der Waals surface area contributed by atoms with Gasteiger partial charge in [0.25, 0.3) is 0 Å². The van der Waals surface area contributed by atoms with Gasteiger partial charge in [0.2, 0.25) is 10.0 Å². The zero-order valence-electron chi connectivity index (χ0n) is 13.3. The van der Waals surface area contributed by atoms with Crippen LogP contribution >= 0.6 is 0 Å². The Morgan fingerprint density at radius 2 is 2.17 bits per heavy atom. The third-order valence-corrected chi connectivity index (χ3v) is 5.25. The molecular weight excluding hydrogens is 310 g/mol. The first-order valence-corrected chi connectivity index (χ1v) is 9.14. The second kappa shape index (κ2) is 6.31. The van der Waals surface area contributed by atoms with Crippen molar-refractivity contribution in [2.24, 2.45) is 0 Å². The fourth-order valence-corrected chi connectivity index (χ4v) is 3.23. The maximum Gasteiger partial charge on any atom is 0.233 e. The van der Waals surface area contributed by atoms with Crippen molar-refractivity contribution >= 4 is 32.6 Å². The van der Waals surface area contributed by atoms with Gasteiger partial charge in [-0.2, -0.15) is 0 Å². The highest BCUT2D eigenvalue weighted by Gasteiger charge is 2.13. The highest BCUT2D eigenvalue weighted by molar-refractivity contribution is 7.92. The summed E-state index contributed by atoms with van der Waals surface area (Å²) >= 11 is 0. The number of H-pyrrole nitrogens is 1. The number of hydrogen-bond donors (Lipinski definition) is 2. The van der Waals surface area contributed by atoms with Gasteiger partial charge in [-0.25, -0.2) is 13.1 Å². The van der Waals surface area contributed by atoms with Gasteiger partial charge in [-0.3, -0.25) is 0 Å². The van der Waals surface area contributed by atoms with Crippen molar-refractivity contribution in [2.75, 3.05) is 27.2 Å². The summed E-state index contributed by atoms with van der Waals surface area (Å²) in [6.45, 7) is 2.01. The van der Waals surface area contributed by atoms with Crippen molar-refractivity contribution in [2.45, 2.75) is 6.42 Å². The number of likely N-dealkylation sites (N-methyl/N-ethyl adjacent to an activating group) is 1. The number of hydrogen-bond acceptors (Lipinski definition) is 3. The van der Waals surface area contributed by atoms with Crippen LogP contribution in [-0.4, -0.2) is 45.5 Å². The van der Waals surface area contributed by atoms with Gasteiger partial charge in [-0.1, -0.05) is 12.1 Å². The molecule has 0 saturated heterocycles. The molecule has 0 atom stereocenters. The van der Waals surface area contributed by atoms with Crippen molar-refractivity contribution in [3.05, 3.63) is 47.0 Å². The number of aromatic amines is 1. The molecule has 1 aliphatic rings. The molecule has 5 nitrogen and oxygen atoms in total. The Bertz CT molecular complexity index is 878. The molecule has 0 spiro atoms. The molecule has 0 amide bonds. The highest BCUT2D eigenvalue weighted by Crippen LogP contribution is 2.29. The molecule has 23 heavy (non-hydrogen) atoms. The van der Waals surface area contributed by atoms with E-state index in [4.69, 9.17) is 0 Å². The van der Waals surface area contributed by atoms with Crippen LogP contribution in [0, 0.1) is 0 Å². The molecule has 0 bridgehead atoms. The van der Waals surface area contributed by atoms with E-state index in [2.05, 4.69) is 27.7 Å². The summed E-state index contributed by atoms with van der Waals surface area (Å²) in [4.78, 5) is 5.59. The SMILES string of the molecule is CNS(=O)(=O)C=Cc1ccc2[nH]cc(C3=CCN(C)CC3)c2c1. The molecule has 6 heteroatoms. The topological polar surface area (TPSA) is 65.2 Å². The van der Waals surface area contributed by atoms with E-state index in [0.29, 0.717) is 0 Å². The van der Waals surface area contributed by atoms with E-state index in [1.165, 1.54) is 23.6 Å². The zero-order valence-corrected chi connectivity index (χ0v) is 14.2. The number of benzene rings is 1. The standard InChI is InChI=1S/C17H21N3O2S/c1-18-23(21,22)10-7-13-3-4-17-15(11-13)16(12-19-17)14-5-8-20(2)9-6-14/h3-5,7,10-12,18-19H,6,8-9H2,1-2H3. The second-order valence-electron chi connectivity index (χ2n) is 5.80. The minimum Gasteiger partial charge on any atom is -0.361 e. The summed E-state index contributed by atoms with van der Waals surface area (Å²) in [7, 11) is 0.172. The van der Waals surface area contributed by atoms with Crippen molar-refractivity contribution in [3.8, 4) is 0 Å². The average Bonchev–Trinajstić information content (AvgIpc) is 2.97. The first-order valence-electron chi connectivity index (χ1n) is 7.59. The molecule has 0 radical (unpaired) electrons. The van der Waals surface area contributed by atoms with Crippen molar-refractivity contribution < 1.29 is 8.42 Å². The molecule has 0 aliphatic carbocycles. The van der Waals surface area contributed by atoms with E-state index >= 15 is 0 Å². The van der Waals surface area contributed by atoms with Crippen LogP contribution in [0.4, 0.5) is 0 Å². The predicted molar refractivity (Wildman–Crippen MR) is 95.4 cm³/mol. The van der Waals surface area contributed by atoms with E-state index in [-0.39, 0.29) is 0 Å². The van der Waals surface area contributed by atoms with Gasteiger partial charge in [-0.05, 0) is 49.9 Å². The maximum absolute atomic E-state index is 11.5. The van der Waals surface area contributed by atoms with Crippen molar-refractivity contribution in [1.82, 2.24) is 14.6 Å². The second-order valence-corrected chi connectivity index (χ2v) is 7.57. The van der Waals surface area contributed by atoms with Crippen LogP contribution in [0.25, 0.3) is 22.6 Å². The van der Waals surface area contributed by atoms with Gasteiger partial charge >= 0.3 is 0 Å². The summed E-state index contributed by atoms with van der Waals surface area (Å²) in [5.74, 6) is 0. The molecule has 122 valence electrons. The Kier molecular flexibility index (Phi) is 4.39. The molecule has 2 N–H and O–H groups in total. The molecular formula is C17H21N3O2S. The Morgan fingerprint density at radius 3 is 2.87 bits per heavy atom. The van der Waals surface area contributed by atoms with Crippen LogP contribution in [0.2, 0.25) is 0 Å². The van der Waals surface area contributed by atoms with Crippen molar-refractivity contribution in [1.29, 1.82) is 0 Å². The molecule has 0 unspecified atom stereocenters. The van der Waals surface area contributed by atoms with Crippen LogP contribution in [-0.2, 0) is 10.0 Å². The van der Waals surface area contributed by atoms with Crippen LogP contribution in [0.5, 0.6) is 0 Å². The first kappa shape index (κ1) is 16.0. The lowest BCUT2D eigenvalue weighted by Crippen LogP contribution is -2.23. The Hall–Kier alpha value is -1.89. The van der Waals surface area contributed by atoms with Crippen molar-refractivity contribution in [3.63, 3.8) is 0 Å². The van der Waals surface area contributed by atoms with Crippen LogP contribution in [0.1, 0.15) is 17.5 Å². The smallest absolute Gasteiger partial charge is 0.233 e. The maximum atomic E-state index is 11.5. The van der Waals surface area contributed by atoms with E-state index in [0.717, 1.165) is 36.0 Å². The zero-order chi connectivity index (χ0) is 16.4. The molecule has 0 fully saturated rings. The quantitative estimate of drug-likeness (QED) is 0.904. The predicted octanol–water partition coefficient (Wildman–Crippen LogP) is 2.41. The fraction of sp³-hybridized carbons (Fsp3) is 0.294. The van der Waals surface area contributed by atoms with E-state index in [9.17, 15) is 8.42 Å². The largest absolute Gasteiger partial charge is 0.361 e. The minimum atomic E-state index is -3.35. The van der Waals surface area contributed by atoms with E-state index in [1.54, 1.807) is 6.08 Å². The highest BCUT2D eigenvalue weighted by atomic mass is 32.2. The monoisotopic (exact) mass is 331 g/mol. The van der Waals surface area contributed by atoms with Crippen LogP contribution in [0.15, 0.2) is 35.9 Å². The van der Waals surface area contributed by atoms with Gasteiger partial charge in [0.15, 0.2) is 0 Å². The Labute approximate surface area is 136 Å². The summed E-state index contributed by atoms with van der Waals surface area (Å²) in [6.07, 6.45) is 6.95. The van der Waals surface area contributed by atoms with Gasteiger partial charge in [0, 0.05) is 41.2 Å². The lowest BCUT2D eigenvalue weighted by atomic mass is 9.98. The Balaban J connectivity index is 1.98. The van der Waals surface area contributed by atoms with Crippen LogP contribution < -0.4 is 4.72 Å². The number of rotatable bonds is 4. The van der Waals surface area contributed by atoms with E-state index < -0.39 is 10.0 Å². The molecule has 2 heterocycles. The lowest BCUT2D eigenvalue weighted by molar-refractivity contribution is 0.370. The number of nitrogens with zero attached hydrogens (tertiary/aromatic N) is 1. The molecule has 0 saturated carbocycles. The lowest BCUT2D eigenvalue weighted by Gasteiger charge is -2.21. The number of nitrogens with one attached hydrogen (secondary N) is 2. The number of aromatic nitrogens is 1. The van der Waals surface area contributed by atoms with Gasteiger partial charge in [-0.15, -0.1) is 0 Å². The molecule has 2 aromatic rings. The van der Waals surface area contributed by atoms with E-state index in [1.807, 2.05) is 24.4 Å². The van der Waals surface area contributed by atoms with Crippen LogP contribution in [0.3, 0.4) is 0 Å². The molecule has 3 rings (SSSR count). The Morgan fingerprint density at radius 1 is 1.35 bits per heavy atom. The fourth-order valence-electron chi connectivity index (χ4n) is 2.76. The first-order chi connectivity index (χ1) is 11.0. The molecule has 1 aromatic carbocycles. The normalized spacial score (nSPS) is 17.0. The summed E-state index contributed by atoms with van der Waals surface area (Å²) in [5, 5.41) is 2.32. The molecule has 1 aromatic heterocycles. The van der Waals surface area contributed by atoms with Gasteiger partial charge in [0.1, 0.15) is 0 Å². The van der Waals surface area contributed by atoms with Gasteiger partial charge < -0.3 is 9.88 Å². The summed E-state index contributed by atoms with van der Waals surface area (Å²) in [5.41, 5.74) is 4.48. The third kappa shape index (κ3) is 3.55. The number of fused-ring (bicyclic) bond motifs is 1. The third-order valence-electron chi connectivity index (χ3n) is 4.19. The molecule has 1 aliphatic heterocycles. The van der Waals surface area contributed by atoms with Gasteiger partial charge in [0.05, 0.1) is 0 Å². The minimum absolute atomic E-state index is 0.866. The summed E-state index contributed by atoms with van der Waals surface area (Å²) < 4.78 is 25.3. The average molecular weight is 331 g/mol.